The lowest BCUT2D eigenvalue weighted by atomic mass is 10.1. The highest BCUT2D eigenvalue weighted by Crippen LogP contribution is 2.24. The van der Waals surface area contributed by atoms with Crippen molar-refractivity contribution in [3.05, 3.63) is 29.6 Å². The number of benzene rings is 1. The summed E-state index contributed by atoms with van der Waals surface area (Å²) in [4.78, 5) is 0. The lowest BCUT2D eigenvalue weighted by molar-refractivity contribution is -0.136. The first-order valence-electron chi connectivity index (χ1n) is 4.87. The Morgan fingerprint density at radius 2 is 1.94 bits per heavy atom. The van der Waals surface area contributed by atoms with E-state index < -0.39 is 24.5 Å². The van der Waals surface area contributed by atoms with Crippen LogP contribution in [0.4, 0.5) is 23.2 Å². The first-order chi connectivity index (χ1) is 7.28. The van der Waals surface area contributed by atoms with Crippen LogP contribution >= 0.6 is 0 Å². The van der Waals surface area contributed by atoms with Gasteiger partial charge >= 0.3 is 6.18 Å². The summed E-state index contributed by atoms with van der Waals surface area (Å²) < 4.78 is 49.0. The number of hydrogen-bond acceptors (Lipinski definition) is 1. The third kappa shape index (κ3) is 4.08. The second kappa shape index (κ2) is 4.72. The minimum absolute atomic E-state index is 0.397. The van der Waals surface area contributed by atoms with E-state index >= 15 is 0 Å². The molecule has 0 aliphatic rings. The van der Waals surface area contributed by atoms with Crippen molar-refractivity contribution < 1.29 is 17.6 Å². The van der Waals surface area contributed by atoms with Gasteiger partial charge in [-0.2, -0.15) is 13.2 Å². The van der Waals surface area contributed by atoms with Gasteiger partial charge in [-0.05, 0) is 37.6 Å². The molecule has 90 valence electrons. The minimum Gasteiger partial charge on any atom is -0.382 e. The highest BCUT2D eigenvalue weighted by atomic mass is 19.4. The van der Waals surface area contributed by atoms with E-state index in [1.165, 1.54) is 25.1 Å². The summed E-state index contributed by atoms with van der Waals surface area (Å²) in [6.07, 6.45) is -5.11. The van der Waals surface area contributed by atoms with Crippen molar-refractivity contribution in [2.75, 3.05) is 5.32 Å². The Hall–Kier alpha value is -1.26. The van der Waals surface area contributed by atoms with Gasteiger partial charge in [0.2, 0.25) is 0 Å². The predicted octanol–water partition coefficient (Wildman–Crippen LogP) is 3.89. The molecule has 0 heterocycles. The summed E-state index contributed by atoms with van der Waals surface area (Å²) in [5.41, 5.74) is 1.12. The van der Waals surface area contributed by atoms with Gasteiger partial charge in [-0.3, -0.25) is 0 Å². The average molecular weight is 235 g/mol. The predicted molar refractivity (Wildman–Crippen MR) is 54.9 cm³/mol. The third-order valence-electron chi connectivity index (χ3n) is 2.13. The van der Waals surface area contributed by atoms with Crippen molar-refractivity contribution in [3.63, 3.8) is 0 Å². The molecule has 1 unspecified atom stereocenters. The Kier molecular flexibility index (Phi) is 3.78. The number of alkyl halides is 3. The van der Waals surface area contributed by atoms with Crippen molar-refractivity contribution in [2.24, 2.45) is 0 Å². The summed E-state index contributed by atoms with van der Waals surface area (Å²) in [6.45, 7) is 3.09. The van der Waals surface area contributed by atoms with Crippen LogP contribution in [0.25, 0.3) is 0 Å². The molecule has 0 spiro atoms. The van der Waals surface area contributed by atoms with Gasteiger partial charge in [0.25, 0.3) is 0 Å². The second-order valence-electron chi connectivity index (χ2n) is 3.82. The number of aryl methyl sites for hydroxylation is 1. The van der Waals surface area contributed by atoms with Crippen LogP contribution < -0.4 is 5.32 Å². The summed E-state index contributed by atoms with van der Waals surface area (Å²) in [7, 11) is 0. The molecule has 0 aliphatic carbocycles. The quantitative estimate of drug-likeness (QED) is 0.784. The van der Waals surface area contributed by atoms with E-state index in [9.17, 15) is 17.6 Å². The maximum Gasteiger partial charge on any atom is 0.391 e. The van der Waals surface area contributed by atoms with Gasteiger partial charge in [-0.1, -0.05) is 0 Å². The summed E-state index contributed by atoms with van der Waals surface area (Å²) in [5.74, 6) is -0.397. The van der Waals surface area contributed by atoms with Crippen LogP contribution in [-0.4, -0.2) is 12.2 Å². The third-order valence-corrected chi connectivity index (χ3v) is 2.13. The van der Waals surface area contributed by atoms with E-state index in [4.69, 9.17) is 0 Å². The standard InChI is InChI=1S/C11H13F4N/c1-7-5-9(12)3-4-10(7)16-8(2)6-11(13,14)15/h3-5,8,16H,6H2,1-2H3. The van der Waals surface area contributed by atoms with Gasteiger partial charge in [0.1, 0.15) is 5.82 Å². The molecule has 0 saturated carbocycles. The molecule has 1 atom stereocenters. The van der Waals surface area contributed by atoms with Crippen LogP contribution in [0.3, 0.4) is 0 Å². The molecular formula is C11H13F4N. The Bertz CT molecular complexity index is 359. The number of anilines is 1. The second-order valence-corrected chi connectivity index (χ2v) is 3.82. The number of rotatable bonds is 3. The summed E-state index contributed by atoms with van der Waals surface area (Å²) in [6, 6.07) is 3.21. The van der Waals surface area contributed by atoms with Crippen LogP contribution in [0, 0.1) is 12.7 Å². The Balaban J connectivity index is 2.66. The summed E-state index contributed by atoms with van der Waals surface area (Å²) >= 11 is 0. The van der Waals surface area contributed by atoms with Crippen LogP contribution in [0.1, 0.15) is 18.9 Å². The monoisotopic (exact) mass is 235 g/mol. The van der Waals surface area contributed by atoms with Crippen LogP contribution in [0.15, 0.2) is 18.2 Å². The molecule has 1 nitrogen and oxygen atoms in total. The summed E-state index contributed by atoms with van der Waals surface area (Å²) in [5, 5.41) is 2.71. The lowest BCUT2D eigenvalue weighted by Gasteiger charge is -2.18. The van der Waals surface area contributed by atoms with Gasteiger partial charge in [-0.15, -0.1) is 0 Å². The van der Waals surface area contributed by atoms with Gasteiger partial charge in [0, 0.05) is 11.7 Å². The first kappa shape index (κ1) is 12.8. The van der Waals surface area contributed by atoms with E-state index in [0.717, 1.165) is 0 Å². The van der Waals surface area contributed by atoms with Gasteiger partial charge in [-0.25, -0.2) is 4.39 Å². The van der Waals surface area contributed by atoms with Gasteiger partial charge in [0.15, 0.2) is 0 Å². The zero-order valence-corrected chi connectivity index (χ0v) is 9.03. The van der Waals surface area contributed by atoms with Crippen LogP contribution in [-0.2, 0) is 0 Å². The highest BCUT2D eigenvalue weighted by molar-refractivity contribution is 5.51. The number of halogens is 4. The van der Waals surface area contributed by atoms with Crippen molar-refractivity contribution in [3.8, 4) is 0 Å². The Morgan fingerprint density at radius 3 is 2.44 bits per heavy atom. The van der Waals surface area contributed by atoms with Crippen LogP contribution in [0.2, 0.25) is 0 Å². The molecular weight excluding hydrogens is 222 g/mol. The molecule has 1 aromatic rings. The molecule has 0 bridgehead atoms. The fourth-order valence-corrected chi connectivity index (χ4v) is 1.45. The van der Waals surface area contributed by atoms with E-state index in [2.05, 4.69) is 5.32 Å². The number of hydrogen-bond donors (Lipinski definition) is 1. The molecule has 5 heteroatoms. The maximum absolute atomic E-state index is 12.7. The molecule has 0 aliphatic heterocycles. The normalized spacial score (nSPS) is 13.6. The van der Waals surface area contributed by atoms with E-state index in [1.54, 1.807) is 6.92 Å². The minimum atomic E-state index is -4.19. The van der Waals surface area contributed by atoms with E-state index in [-0.39, 0.29) is 0 Å². The maximum atomic E-state index is 12.7. The molecule has 16 heavy (non-hydrogen) atoms. The SMILES string of the molecule is Cc1cc(F)ccc1NC(C)CC(F)(F)F. The highest BCUT2D eigenvalue weighted by Gasteiger charge is 2.29. The molecule has 1 rings (SSSR count). The molecule has 1 aromatic carbocycles. The first-order valence-corrected chi connectivity index (χ1v) is 4.87. The largest absolute Gasteiger partial charge is 0.391 e. The molecule has 0 aromatic heterocycles. The Morgan fingerprint density at radius 1 is 1.31 bits per heavy atom. The van der Waals surface area contributed by atoms with Crippen LogP contribution in [0.5, 0.6) is 0 Å². The molecule has 1 N–H and O–H groups in total. The van der Waals surface area contributed by atoms with Gasteiger partial charge < -0.3 is 5.32 Å². The van der Waals surface area contributed by atoms with E-state index in [1.807, 2.05) is 0 Å². The molecule has 0 fully saturated rings. The zero-order valence-electron chi connectivity index (χ0n) is 9.03. The van der Waals surface area contributed by atoms with Crippen molar-refractivity contribution >= 4 is 5.69 Å². The molecule has 0 saturated heterocycles. The van der Waals surface area contributed by atoms with E-state index in [0.29, 0.717) is 11.3 Å². The molecule has 0 radical (unpaired) electrons. The zero-order chi connectivity index (χ0) is 12.3. The average Bonchev–Trinajstić information content (AvgIpc) is 2.06. The fourth-order valence-electron chi connectivity index (χ4n) is 1.45. The topological polar surface area (TPSA) is 12.0 Å². The van der Waals surface area contributed by atoms with Crippen molar-refractivity contribution in [2.45, 2.75) is 32.5 Å². The lowest BCUT2D eigenvalue weighted by Crippen LogP contribution is -2.24. The van der Waals surface area contributed by atoms with Crippen molar-refractivity contribution in [1.82, 2.24) is 0 Å². The Labute approximate surface area is 91.5 Å². The van der Waals surface area contributed by atoms with Crippen molar-refractivity contribution in [1.29, 1.82) is 0 Å². The van der Waals surface area contributed by atoms with Gasteiger partial charge in [0.05, 0.1) is 6.42 Å². The smallest absolute Gasteiger partial charge is 0.382 e. The molecule has 0 amide bonds. The fraction of sp³-hybridized carbons (Fsp3) is 0.455. The number of nitrogens with one attached hydrogen (secondary N) is 1.